The Labute approximate surface area is 119 Å². The van der Waals surface area contributed by atoms with Crippen molar-refractivity contribution in [3.8, 4) is 5.75 Å². The summed E-state index contributed by atoms with van der Waals surface area (Å²) in [6, 6.07) is 7.01. The number of ether oxygens (including phenoxy) is 2. The van der Waals surface area contributed by atoms with Gasteiger partial charge in [0.15, 0.2) is 0 Å². The molecule has 0 bridgehead atoms. The first kappa shape index (κ1) is 16.5. The highest BCUT2D eigenvalue weighted by Gasteiger charge is 2.19. The molecule has 0 saturated heterocycles. The largest absolute Gasteiger partial charge is 0.491 e. The van der Waals surface area contributed by atoms with Gasteiger partial charge in [-0.2, -0.15) is 0 Å². The summed E-state index contributed by atoms with van der Waals surface area (Å²) in [5.74, 6) is 0.394. The van der Waals surface area contributed by atoms with Gasteiger partial charge in [-0.3, -0.25) is 4.79 Å². The third-order valence-corrected chi connectivity index (χ3v) is 2.76. The lowest BCUT2D eigenvalue weighted by Crippen LogP contribution is -2.42. The Hall–Kier alpha value is -1.59. The molecule has 1 atom stereocenters. The Balaban J connectivity index is 2.51. The number of aliphatic hydroxyl groups excluding tert-OH is 1. The van der Waals surface area contributed by atoms with E-state index >= 15 is 0 Å². The minimum absolute atomic E-state index is 0.131. The van der Waals surface area contributed by atoms with E-state index < -0.39 is 6.04 Å². The number of nitrogens with one attached hydrogen (secondary N) is 1. The second kappa shape index (κ2) is 9.34. The molecule has 112 valence electrons. The molecule has 0 radical (unpaired) electrons. The third-order valence-electron chi connectivity index (χ3n) is 2.76. The quantitative estimate of drug-likeness (QED) is 0.664. The first-order chi connectivity index (χ1) is 9.71. The molecule has 0 aromatic heterocycles. The van der Waals surface area contributed by atoms with Gasteiger partial charge >= 0.3 is 5.97 Å². The van der Waals surface area contributed by atoms with Crippen LogP contribution in [0, 0.1) is 0 Å². The van der Waals surface area contributed by atoms with E-state index in [1.807, 2.05) is 31.2 Å². The van der Waals surface area contributed by atoms with Gasteiger partial charge in [0, 0.05) is 6.61 Å². The van der Waals surface area contributed by atoms with Crippen LogP contribution in [-0.2, 0) is 16.0 Å². The van der Waals surface area contributed by atoms with Crippen LogP contribution in [0.5, 0.6) is 5.75 Å². The van der Waals surface area contributed by atoms with Crippen molar-refractivity contribution in [2.45, 2.75) is 26.3 Å². The number of likely N-dealkylation sites (N-methyl/N-ethyl adjacent to an activating group) is 1. The average Bonchev–Trinajstić information content (AvgIpc) is 2.45. The Bertz CT molecular complexity index is 391. The number of carbonyl (C=O) groups excluding carboxylic acids is 1. The van der Waals surface area contributed by atoms with Crippen molar-refractivity contribution in [3.05, 3.63) is 29.8 Å². The normalized spacial score (nSPS) is 11.9. The molecule has 5 heteroatoms. The predicted octanol–water partition coefficient (Wildman–Crippen LogP) is 1.14. The van der Waals surface area contributed by atoms with Gasteiger partial charge < -0.3 is 19.9 Å². The minimum atomic E-state index is -0.461. The number of hydrogen-bond donors (Lipinski definition) is 2. The smallest absolute Gasteiger partial charge is 0.326 e. The van der Waals surface area contributed by atoms with Gasteiger partial charge in [0.25, 0.3) is 0 Å². The minimum Gasteiger partial charge on any atom is -0.491 e. The molecule has 1 unspecified atom stereocenters. The van der Waals surface area contributed by atoms with E-state index in [0.29, 0.717) is 25.3 Å². The van der Waals surface area contributed by atoms with E-state index in [4.69, 9.17) is 14.6 Å². The summed E-state index contributed by atoms with van der Waals surface area (Å²) in [5.41, 5.74) is 1.05. The second-order valence-electron chi connectivity index (χ2n) is 4.29. The van der Waals surface area contributed by atoms with E-state index in [2.05, 4.69) is 5.32 Å². The molecule has 20 heavy (non-hydrogen) atoms. The fourth-order valence-electron chi connectivity index (χ4n) is 1.76. The molecule has 0 aliphatic carbocycles. The monoisotopic (exact) mass is 281 g/mol. The summed E-state index contributed by atoms with van der Waals surface area (Å²) in [4.78, 5) is 11.7. The second-order valence-corrected chi connectivity index (χ2v) is 4.29. The van der Waals surface area contributed by atoms with Gasteiger partial charge in [-0.1, -0.05) is 19.1 Å². The number of esters is 1. The Morgan fingerprint density at radius 2 is 2.00 bits per heavy atom. The summed E-state index contributed by atoms with van der Waals surface area (Å²) in [6.07, 6.45) is 0.628. The molecule has 1 aromatic rings. The average molecular weight is 281 g/mol. The predicted molar refractivity (Wildman–Crippen MR) is 76.8 cm³/mol. The standard InChI is InChI=1S/C15H23NO4/c1-3-16-14(15(18)19-4-2)11-20-13-7-5-12(6-8-13)9-10-17/h5-8,14,16-17H,3-4,9-11H2,1-2H3. The zero-order chi connectivity index (χ0) is 14.8. The van der Waals surface area contributed by atoms with Crippen LogP contribution in [0.4, 0.5) is 0 Å². The molecule has 5 nitrogen and oxygen atoms in total. The third kappa shape index (κ3) is 5.59. The molecular formula is C15H23NO4. The van der Waals surface area contributed by atoms with Gasteiger partial charge in [0.1, 0.15) is 18.4 Å². The van der Waals surface area contributed by atoms with Gasteiger partial charge in [0.2, 0.25) is 0 Å². The summed E-state index contributed by atoms with van der Waals surface area (Å²) in [6.45, 7) is 5.09. The Morgan fingerprint density at radius 1 is 1.30 bits per heavy atom. The van der Waals surface area contributed by atoms with Crippen molar-refractivity contribution >= 4 is 5.97 Å². The van der Waals surface area contributed by atoms with Crippen molar-refractivity contribution in [2.75, 3.05) is 26.4 Å². The van der Waals surface area contributed by atoms with Crippen LogP contribution in [0.15, 0.2) is 24.3 Å². The van der Waals surface area contributed by atoms with Crippen LogP contribution in [0.1, 0.15) is 19.4 Å². The summed E-state index contributed by atoms with van der Waals surface area (Å²) in [7, 11) is 0. The zero-order valence-electron chi connectivity index (χ0n) is 12.1. The number of carbonyl (C=O) groups is 1. The fraction of sp³-hybridized carbons (Fsp3) is 0.533. The van der Waals surface area contributed by atoms with Crippen molar-refractivity contribution in [2.24, 2.45) is 0 Å². The molecular weight excluding hydrogens is 258 g/mol. The molecule has 2 N–H and O–H groups in total. The van der Waals surface area contributed by atoms with Gasteiger partial charge in [-0.15, -0.1) is 0 Å². The molecule has 0 spiro atoms. The molecule has 0 heterocycles. The lowest BCUT2D eigenvalue weighted by molar-refractivity contribution is -0.146. The lowest BCUT2D eigenvalue weighted by atomic mass is 10.1. The molecule has 0 fully saturated rings. The first-order valence-corrected chi connectivity index (χ1v) is 6.93. The first-order valence-electron chi connectivity index (χ1n) is 6.93. The van der Waals surface area contributed by atoms with Crippen molar-refractivity contribution in [1.82, 2.24) is 5.32 Å². The van der Waals surface area contributed by atoms with Gasteiger partial charge in [-0.25, -0.2) is 0 Å². The molecule has 0 aliphatic heterocycles. The van der Waals surface area contributed by atoms with Crippen molar-refractivity contribution in [1.29, 1.82) is 0 Å². The highest BCUT2D eigenvalue weighted by molar-refractivity contribution is 5.76. The Morgan fingerprint density at radius 3 is 2.55 bits per heavy atom. The number of benzene rings is 1. The summed E-state index contributed by atoms with van der Waals surface area (Å²) >= 11 is 0. The van der Waals surface area contributed by atoms with Crippen LogP contribution in [0.3, 0.4) is 0 Å². The summed E-state index contributed by atoms with van der Waals surface area (Å²) in [5, 5.41) is 11.9. The maximum Gasteiger partial charge on any atom is 0.326 e. The molecule has 0 aliphatic rings. The van der Waals surface area contributed by atoms with E-state index in [0.717, 1.165) is 5.56 Å². The zero-order valence-corrected chi connectivity index (χ0v) is 12.1. The van der Waals surface area contributed by atoms with E-state index in [9.17, 15) is 4.79 Å². The number of hydrogen-bond acceptors (Lipinski definition) is 5. The van der Waals surface area contributed by atoms with Crippen LogP contribution in [0.2, 0.25) is 0 Å². The number of aliphatic hydroxyl groups is 1. The summed E-state index contributed by atoms with van der Waals surface area (Å²) < 4.78 is 10.6. The van der Waals surface area contributed by atoms with Gasteiger partial charge in [-0.05, 0) is 37.6 Å². The maximum absolute atomic E-state index is 11.7. The topological polar surface area (TPSA) is 67.8 Å². The highest BCUT2D eigenvalue weighted by atomic mass is 16.5. The van der Waals surface area contributed by atoms with E-state index in [1.165, 1.54) is 0 Å². The van der Waals surface area contributed by atoms with Crippen LogP contribution in [-0.4, -0.2) is 43.5 Å². The molecule has 0 saturated carbocycles. The van der Waals surface area contributed by atoms with E-state index in [-0.39, 0.29) is 19.2 Å². The van der Waals surface area contributed by atoms with Crippen LogP contribution < -0.4 is 10.1 Å². The van der Waals surface area contributed by atoms with Crippen molar-refractivity contribution in [3.63, 3.8) is 0 Å². The van der Waals surface area contributed by atoms with Crippen LogP contribution >= 0.6 is 0 Å². The molecule has 1 aromatic carbocycles. The van der Waals surface area contributed by atoms with Crippen LogP contribution in [0.25, 0.3) is 0 Å². The van der Waals surface area contributed by atoms with Gasteiger partial charge in [0.05, 0.1) is 6.61 Å². The van der Waals surface area contributed by atoms with Crippen molar-refractivity contribution < 1.29 is 19.4 Å². The Kier molecular flexibility index (Phi) is 7.69. The molecule has 1 rings (SSSR count). The molecule has 0 amide bonds. The maximum atomic E-state index is 11.7. The fourth-order valence-corrected chi connectivity index (χ4v) is 1.76. The highest BCUT2D eigenvalue weighted by Crippen LogP contribution is 2.13. The number of rotatable bonds is 9. The van der Waals surface area contributed by atoms with E-state index in [1.54, 1.807) is 6.92 Å². The SMILES string of the molecule is CCNC(COc1ccc(CCO)cc1)C(=O)OCC. The lowest BCUT2D eigenvalue weighted by Gasteiger charge is -2.17.